The van der Waals surface area contributed by atoms with Gasteiger partial charge in [-0.1, -0.05) is 13.0 Å². The lowest BCUT2D eigenvalue weighted by molar-refractivity contribution is 0.415. The molecule has 1 aliphatic rings. The maximum absolute atomic E-state index is 5.20. The summed E-state index contributed by atoms with van der Waals surface area (Å²) in [4.78, 5) is 0. The molecule has 2 unspecified atom stereocenters. The molecule has 0 saturated heterocycles. The van der Waals surface area contributed by atoms with Gasteiger partial charge >= 0.3 is 0 Å². The third kappa shape index (κ3) is 2.65. The Kier molecular flexibility index (Phi) is 3.14. The van der Waals surface area contributed by atoms with Crippen LogP contribution in [-0.4, -0.2) is 13.2 Å². The molecule has 1 fully saturated rings. The Labute approximate surface area is 91.6 Å². The van der Waals surface area contributed by atoms with E-state index >= 15 is 0 Å². The van der Waals surface area contributed by atoms with Gasteiger partial charge in [-0.3, -0.25) is 0 Å². The fraction of sp³-hybridized carbons (Fsp3) is 0.538. The fourth-order valence-corrected chi connectivity index (χ4v) is 2.29. The first-order chi connectivity index (χ1) is 7.28. The van der Waals surface area contributed by atoms with Crippen molar-refractivity contribution >= 4 is 5.69 Å². The van der Waals surface area contributed by atoms with Crippen molar-refractivity contribution in [2.75, 3.05) is 12.4 Å². The van der Waals surface area contributed by atoms with Crippen LogP contribution >= 0.6 is 0 Å². The van der Waals surface area contributed by atoms with E-state index in [2.05, 4.69) is 24.4 Å². The summed E-state index contributed by atoms with van der Waals surface area (Å²) in [7, 11) is 1.71. The van der Waals surface area contributed by atoms with Gasteiger partial charge in [0.2, 0.25) is 0 Å². The van der Waals surface area contributed by atoms with Crippen LogP contribution in [0.5, 0.6) is 5.75 Å². The van der Waals surface area contributed by atoms with Crippen LogP contribution in [0.25, 0.3) is 0 Å². The maximum Gasteiger partial charge on any atom is 0.120 e. The maximum atomic E-state index is 5.20. The Balaban J connectivity index is 1.98. The Morgan fingerprint density at radius 1 is 1.33 bits per heavy atom. The summed E-state index contributed by atoms with van der Waals surface area (Å²) in [5.74, 6) is 1.79. The molecule has 1 saturated carbocycles. The Bertz CT molecular complexity index is 324. The number of anilines is 1. The molecule has 0 heterocycles. The van der Waals surface area contributed by atoms with Gasteiger partial charge in [0.15, 0.2) is 0 Å². The van der Waals surface area contributed by atoms with Gasteiger partial charge in [-0.2, -0.15) is 0 Å². The van der Waals surface area contributed by atoms with Crippen molar-refractivity contribution in [1.29, 1.82) is 0 Å². The van der Waals surface area contributed by atoms with E-state index in [1.807, 2.05) is 12.1 Å². The molecule has 0 aliphatic heterocycles. The highest BCUT2D eigenvalue weighted by molar-refractivity contribution is 5.48. The SMILES string of the molecule is COc1cccc(NC2CCC(C)C2)c1. The number of benzene rings is 1. The van der Waals surface area contributed by atoms with Crippen LogP contribution in [0, 0.1) is 5.92 Å². The predicted octanol–water partition coefficient (Wildman–Crippen LogP) is 3.30. The van der Waals surface area contributed by atoms with E-state index in [0.29, 0.717) is 6.04 Å². The molecule has 0 spiro atoms. The van der Waals surface area contributed by atoms with Crippen molar-refractivity contribution in [2.24, 2.45) is 5.92 Å². The molecule has 2 rings (SSSR count). The fourth-order valence-electron chi connectivity index (χ4n) is 2.29. The van der Waals surface area contributed by atoms with Gasteiger partial charge in [-0.15, -0.1) is 0 Å². The molecule has 0 radical (unpaired) electrons. The molecule has 0 amide bonds. The number of ether oxygens (including phenoxy) is 1. The molecule has 1 aromatic carbocycles. The smallest absolute Gasteiger partial charge is 0.120 e. The zero-order valence-corrected chi connectivity index (χ0v) is 9.49. The van der Waals surface area contributed by atoms with Gasteiger partial charge in [0.05, 0.1) is 7.11 Å². The molecular weight excluding hydrogens is 186 g/mol. The predicted molar refractivity (Wildman–Crippen MR) is 63.4 cm³/mol. The minimum absolute atomic E-state index is 0.645. The summed E-state index contributed by atoms with van der Waals surface area (Å²) >= 11 is 0. The first kappa shape index (κ1) is 10.3. The summed E-state index contributed by atoms with van der Waals surface area (Å²) in [6.07, 6.45) is 3.93. The van der Waals surface area contributed by atoms with E-state index < -0.39 is 0 Å². The van der Waals surface area contributed by atoms with Crippen molar-refractivity contribution in [3.05, 3.63) is 24.3 Å². The van der Waals surface area contributed by atoms with E-state index in [-0.39, 0.29) is 0 Å². The average molecular weight is 205 g/mol. The number of hydrogen-bond donors (Lipinski definition) is 1. The summed E-state index contributed by atoms with van der Waals surface area (Å²) in [5, 5.41) is 3.57. The molecule has 82 valence electrons. The van der Waals surface area contributed by atoms with Crippen LogP contribution in [-0.2, 0) is 0 Å². The molecule has 15 heavy (non-hydrogen) atoms. The summed E-state index contributed by atoms with van der Waals surface area (Å²) in [5.41, 5.74) is 1.17. The lowest BCUT2D eigenvalue weighted by Gasteiger charge is -2.14. The molecule has 1 aliphatic carbocycles. The van der Waals surface area contributed by atoms with Crippen LogP contribution in [0.15, 0.2) is 24.3 Å². The van der Waals surface area contributed by atoms with Crippen molar-refractivity contribution in [1.82, 2.24) is 0 Å². The third-order valence-corrected chi connectivity index (χ3v) is 3.14. The van der Waals surface area contributed by atoms with Gasteiger partial charge in [0, 0.05) is 17.8 Å². The van der Waals surface area contributed by atoms with Gasteiger partial charge in [-0.05, 0) is 37.3 Å². The molecular formula is C13H19NO. The number of rotatable bonds is 3. The molecule has 1 aromatic rings. The minimum atomic E-state index is 0.645. The van der Waals surface area contributed by atoms with Gasteiger partial charge < -0.3 is 10.1 Å². The second-order valence-corrected chi connectivity index (χ2v) is 4.49. The first-order valence-electron chi connectivity index (χ1n) is 5.68. The van der Waals surface area contributed by atoms with Gasteiger partial charge in [0.1, 0.15) is 5.75 Å². The monoisotopic (exact) mass is 205 g/mol. The van der Waals surface area contributed by atoms with Crippen LogP contribution in [0.2, 0.25) is 0 Å². The van der Waals surface area contributed by atoms with Crippen molar-refractivity contribution < 1.29 is 4.74 Å². The van der Waals surface area contributed by atoms with Crippen molar-refractivity contribution in [2.45, 2.75) is 32.2 Å². The second-order valence-electron chi connectivity index (χ2n) is 4.49. The summed E-state index contributed by atoms with van der Waals surface area (Å²) in [6.45, 7) is 2.33. The Morgan fingerprint density at radius 3 is 2.87 bits per heavy atom. The quantitative estimate of drug-likeness (QED) is 0.817. The van der Waals surface area contributed by atoms with Crippen molar-refractivity contribution in [3.8, 4) is 5.75 Å². The molecule has 2 heteroatoms. The van der Waals surface area contributed by atoms with Crippen molar-refractivity contribution in [3.63, 3.8) is 0 Å². The van der Waals surface area contributed by atoms with Crippen LogP contribution in [0.1, 0.15) is 26.2 Å². The minimum Gasteiger partial charge on any atom is -0.497 e. The normalized spacial score (nSPS) is 25.2. The van der Waals surface area contributed by atoms with E-state index in [9.17, 15) is 0 Å². The lowest BCUT2D eigenvalue weighted by atomic mass is 10.1. The van der Waals surface area contributed by atoms with E-state index in [1.165, 1.54) is 24.9 Å². The van der Waals surface area contributed by atoms with Gasteiger partial charge in [-0.25, -0.2) is 0 Å². The Hall–Kier alpha value is -1.18. The molecule has 2 nitrogen and oxygen atoms in total. The number of hydrogen-bond acceptors (Lipinski definition) is 2. The lowest BCUT2D eigenvalue weighted by Crippen LogP contribution is -2.15. The van der Waals surface area contributed by atoms with E-state index in [4.69, 9.17) is 4.74 Å². The van der Waals surface area contributed by atoms with E-state index in [0.717, 1.165) is 11.7 Å². The summed E-state index contributed by atoms with van der Waals surface area (Å²) in [6, 6.07) is 8.81. The second kappa shape index (κ2) is 4.56. The molecule has 1 N–H and O–H groups in total. The average Bonchev–Trinajstić information content (AvgIpc) is 2.64. The molecule has 0 bridgehead atoms. The summed E-state index contributed by atoms with van der Waals surface area (Å²) < 4.78 is 5.20. The van der Waals surface area contributed by atoms with Gasteiger partial charge in [0.25, 0.3) is 0 Å². The van der Waals surface area contributed by atoms with Crippen LogP contribution in [0.4, 0.5) is 5.69 Å². The third-order valence-electron chi connectivity index (χ3n) is 3.14. The standard InChI is InChI=1S/C13H19NO/c1-10-6-7-12(8-10)14-11-4-3-5-13(9-11)15-2/h3-5,9-10,12,14H,6-8H2,1-2H3. The highest BCUT2D eigenvalue weighted by Gasteiger charge is 2.20. The first-order valence-corrected chi connectivity index (χ1v) is 5.68. The van der Waals surface area contributed by atoms with Crippen LogP contribution < -0.4 is 10.1 Å². The molecule has 2 atom stereocenters. The highest BCUT2D eigenvalue weighted by atomic mass is 16.5. The topological polar surface area (TPSA) is 21.3 Å². The largest absolute Gasteiger partial charge is 0.497 e. The van der Waals surface area contributed by atoms with E-state index in [1.54, 1.807) is 7.11 Å². The molecule has 0 aromatic heterocycles. The highest BCUT2D eigenvalue weighted by Crippen LogP contribution is 2.28. The zero-order chi connectivity index (χ0) is 10.7. The number of nitrogens with one attached hydrogen (secondary N) is 1. The number of methoxy groups -OCH3 is 1. The Morgan fingerprint density at radius 2 is 2.20 bits per heavy atom. The van der Waals surface area contributed by atoms with Crippen LogP contribution in [0.3, 0.4) is 0 Å². The zero-order valence-electron chi connectivity index (χ0n) is 9.49.